The summed E-state index contributed by atoms with van der Waals surface area (Å²) < 4.78 is 6.25. The van der Waals surface area contributed by atoms with Crippen molar-refractivity contribution in [1.82, 2.24) is 14.9 Å². The van der Waals surface area contributed by atoms with E-state index in [9.17, 15) is 14.9 Å². The first kappa shape index (κ1) is 18.9. The molecule has 28 heavy (non-hydrogen) atoms. The van der Waals surface area contributed by atoms with Crippen LogP contribution in [0.3, 0.4) is 0 Å². The van der Waals surface area contributed by atoms with Crippen LogP contribution in [0, 0.1) is 10.1 Å². The monoisotopic (exact) mass is 402 g/mol. The van der Waals surface area contributed by atoms with E-state index in [2.05, 4.69) is 26.0 Å². The molecule has 1 aromatic carbocycles. The van der Waals surface area contributed by atoms with Crippen molar-refractivity contribution in [2.24, 2.45) is 5.10 Å². The van der Waals surface area contributed by atoms with E-state index < -0.39 is 4.92 Å². The smallest absolute Gasteiger partial charge is 0.269 e. The molecule has 0 unspecified atom stereocenters. The minimum absolute atomic E-state index is 0.0159. The third kappa shape index (κ3) is 4.85. The van der Waals surface area contributed by atoms with Crippen LogP contribution in [0.4, 0.5) is 17.3 Å². The van der Waals surface area contributed by atoms with Gasteiger partial charge in [-0.3, -0.25) is 14.9 Å². The summed E-state index contributed by atoms with van der Waals surface area (Å²) in [6.45, 7) is 0. The Kier molecular flexibility index (Phi) is 5.86. The summed E-state index contributed by atoms with van der Waals surface area (Å²) >= 11 is 1.07. The van der Waals surface area contributed by atoms with E-state index in [4.69, 9.17) is 10.3 Å². The summed E-state index contributed by atoms with van der Waals surface area (Å²) in [6.07, 6.45) is 2.96. The number of nitro groups is 1. The van der Waals surface area contributed by atoms with Gasteiger partial charge in [0, 0.05) is 17.8 Å². The lowest BCUT2D eigenvalue weighted by Gasteiger charge is -2.05. The Morgan fingerprint density at radius 2 is 2.14 bits per heavy atom. The molecule has 0 fully saturated rings. The predicted octanol–water partition coefficient (Wildman–Crippen LogP) is 1.67. The lowest BCUT2D eigenvalue weighted by atomic mass is 10.3. The molecule has 0 spiro atoms. The van der Waals surface area contributed by atoms with Gasteiger partial charge in [-0.15, -0.1) is 10.2 Å². The zero-order valence-electron chi connectivity index (χ0n) is 14.2. The fourth-order valence-electron chi connectivity index (χ4n) is 1.96. The maximum Gasteiger partial charge on any atom is 0.269 e. The van der Waals surface area contributed by atoms with Gasteiger partial charge in [-0.1, -0.05) is 11.8 Å². The fourth-order valence-corrected chi connectivity index (χ4v) is 2.62. The van der Waals surface area contributed by atoms with Crippen LogP contribution in [0.2, 0.25) is 0 Å². The number of furan rings is 1. The Labute approximate surface area is 161 Å². The second kappa shape index (κ2) is 8.68. The molecule has 144 valence electrons. The number of nitro benzene ring substituents is 1. The molecule has 0 saturated carbocycles. The van der Waals surface area contributed by atoms with Gasteiger partial charge in [-0.05, 0) is 24.3 Å². The van der Waals surface area contributed by atoms with E-state index in [1.807, 2.05) is 0 Å². The number of non-ortho nitro benzene ring substituents is 1. The minimum Gasteiger partial charge on any atom is -0.463 e. The molecule has 0 saturated heterocycles. The summed E-state index contributed by atoms with van der Waals surface area (Å²) in [5.41, 5.74) is 3.01. The van der Waals surface area contributed by atoms with E-state index in [0.29, 0.717) is 16.6 Å². The molecule has 12 nitrogen and oxygen atoms in total. The summed E-state index contributed by atoms with van der Waals surface area (Å²) in [6, 6.07) is 8.96. The standard InChI is InChI=1S/C15H14N8O4S/c16-22-14(19-17-8-12-2-1-7-27-12)20-21-15(22)28-9-13(24)18-10-3-5-11(6-4-10)23(25)26/h1-8H,9,16H2,(H,18,24)(H,19,20)/b17-8+. The topological polar surface area (TPSA) is 166 Å². The van der Waals surface area contributed by atoms with Crippen molar-refractivity contribution in [1.29, 1.82) is 0 Å². The van der Waals surface area contributed by atoms with Crippen molar-refractivity contribution >= 4 is 41.2 Å². The Hall–Kier alpha value is -3.87. The molecule has 4 N–H and O–H groups in total. The molecule has 13 heteroatoms. The van der Waals surface area contributed by atoms with Gasteiger partial charge in [0.05, 0.1) is 23.2 Å². The minimum atomic E-state index is -0.514. The molecule has 0 bridgehead atoms. The summed E-state index contributed by atoms with van der Waals surface area (Å²) in [5, 5.41) is 25.2. The van der Waals surface area contributed by atoms with Crippen molar-refractivity contribution < 1.29 is 14.1 Å². The van der Waals surface area contributed by atoms with Gasteiger partial charge in [0.2, 0.25) is 11.1 Å². The number of hydrazone groups is 1. The maximum absolute atomic E-state index is 12.0. The summed E-state index contributed by atoms with van der Waals surface area (Å²) in [5.74, 6) is 6.28. The van der Waals surface area contributed by atoms with E-state index in [0.717, 1.165) is 16.4 Å². The van der Waals surface area contributed by atoms with E-state index >= 15 is 0 Å². The average molecular weight is 402 g/mol. The van der Waals surface area contributed by atoms with Gasteiger partial charge in [-0.25, -0.2) is 10.1 Å². The summed E-state index contributed by atoms with van der Waals surface area (Å²) in [4.78, 5) is 22.1. The van der Waals surface area contributed by atoms with Crippen LogP contribution in [0.1, 0.15) is 5.76 Å². The predicted molar refractivity (Wildman–Crippen MR) is 103 cm³/mol. The zero-order valence-corrected chi connectivity index (χ0v) is 15.0. The van der Waals surface area contributed by atoms with Gasteiger partial charge < -0.3 is 15.6 Å². The van der Waals surface area contributed by atoms with E-state index in [1.54, 1.807) is 12.1 Å². The Morgan fingerprint density at radius 3 is 2.82 bits per heavy atom. The second-order valence-electron chi connectivity index (χ2n) is 5.20. The van der Waals surface area contributed by atoms with Crippen LogP contribution in [0.5, 0.6) is 0 Å². The van der Waals surface area contributed by atoms with Crippen molar-refractivity contribution in [2.75, 3.05) is 22.3 Å². The quantitative estimate of drug-likeness (QED) is 0.167. The van der Waals surface area contributed by atoms with Crippen LogP contribution in [-0.2, 0) is 4.79 Å². The zero-order chi connectivity index (χ0) is 19.9. The van der Waals surface area contributed by atoms with Crippen LogP contribution in [0.25, 0.3) is 0 Å². The van der Waals surface area contributed by atoms with Crippen LogP contribution in [-0.4, -0.2) is 37.7 Å². The number of carbonyl (C=O) groups excluding carboxylic acids is 1. The average Bonchev–Trinajstić information content (AvgIpc) is 3.31. The van der Waals surface area contributed by atoms with Crippen LogP contribution in [0.15, 0.2) is 57.3 Å². The lowest BCUT2D eigenvalue weighted by Crippen LogP contribution is -2.16. The summed E-state index contributed by atoms with van der Waals surface area (Å²) in [7, 11) is 0. The number of nitrogen functional groups attached to an aromatic ring is 1. The molecule has 2 heterocycles. The van der Waals surface area contributed by atoms with E-state index in [1.165, 1.54) is 36.7 Å². The molecule has 1 amide bonds. The number of hydrogen-bond acceptors (Lipinski definition) is 10. The Bertz CT molecular complexity index is 984. The first-order valence-corrected chi connectivity index (χ1v) is 8.71. The highest BCUT2D eigenvalue weighted by Gasteiger charge is 2.12. The highest BCUT2D eigenvalue weighted by Crippen LogP contribution is 2.18. The molecule has 2 aromatic heterocycles. The molecular formula is C15H14N8O4S. The number of rotatable bonds is 8. The number of amides is 1. The van der Waals surface area contributed by atoms with Crippen molar-refractivity contribution in [3.63, 3.8) is 0 Å². The normalized spacial score (nSPS) is 10.9. The van der Waals surface area contributed by atoms with Crippen molar-refractivity contribution in [3.8, 4) is 0 Å². The first-order chi connectivity index (χ1) is 13.5. The molecule has 0 atom stereocenters. The Morgan fingerprint density at radius 1 is 1.36 bits per heavy atom. The molecule has 0 aliphatic rings. The van der Waals surface area contributed by atoms with E-state index in [-0.39, 0.29) is 23.3 Å². The lowest BCUT2D eigenvalue weighted by molar-refractivity contribution is -0.384. The number of benzene rings is 1. The van der Waals surface area contributed by atoms with Crippen LogP contribution < -0.4 is 16.6 Å². The van der Waals surface area contributed by atoms with Crippen LogP contribution >= 0.6 is 11.8 Å². The number of nitrogens with one attached hydrogen (secondary N) is 2. The second-order valence-corrected chi connectivity index (χ2v) is 6.14. The Balaban J connectivity index is 1.50. The number of thioether (sulfide) groups is 1. The molecular weight excluding hydrogens is 388 g/mol. The number of nitrogens with two attached hydrogens (primary N) is 1. The highest BCUT2D eigenvalue weighted by atomic mass is 32.2. The molecule has 3 rings (SSSR count). The third-order valence-electron chi connectivity index (χ3n) is 3.26. The van der Waals surface area contributed by atoms with Gasteiger partial charge in [-0.2, -0.15) is 5.10 Å². The van der Waals surface area contributed by atoms with Gasteiger partial charge >= 0.3 is 0 Å². The SMILES string of the molecule is Nn1c(N/N=C/c2ccco2)nnc1SCC(=O)Nc1ccc([N+](=O)[O-])cc1. The third-order valence-corrected chi connectivity index (χ3v) is 4.20. The number of nitrogens with zero attached hydrogens (tertiary/aromatic N) is 5. The fraction of sp³-hybridized carbons (Fsp3) is 0.0667. The molecule has 0 aliphatic heterocycles. The number of aromatic nitrogens is 3. The van der Waals surface area contributed by atoms with Gasteiger partial charge in [0.15, 0.2) is 0 Å². The maximum atomic E-state index is 12.0. The molecule has 3 aromatic rings. The highest BCUT2D eigenvalue weighted by molar-refractivity contribution is 7.99. The molecule has 0 aliphatic carbocycles. The number of anilines is 2. The number of hydrogen-bond donors (Lipinski definition) is 3. The molecule has 0 radical (unpaired) electrons. The largest absolute Gasteiger partial charge is 0.463 e. The van der Waals surface area contributed by atoms with Gasteiger partial charge in [0.25, 0.3) is 11.6 Å². The van der Waals surface area contributed by atoms with Crippen molar-refractivity contribution in [3.05, 3.63) is 58.5 Å². The van der Waals surface area contributed by atoms with Crippen molar-refractivity contribution in [2.45, 2.75) is 5.16 Å². The number of carbonyl (C=O) groups is 1. The van der Waals surface area contributed by atoms with Gasteiger partial charge in [0.1, 0.15) is 5.76 Å². The first-order valence-electron chi connectivity index (χ1n) is 7.73.